The number of pyridine rings is 2. The Bertz CT molecular complexity index is 1320. The van der Waals surface area contributed by atoms with Gasteiger partial charge in [0, 0.05) is 30.6 Å². The lowest BCUT2D eigenvalue weighted by atomic mass is 10.2. The van der Waals surface area contributed by atoms with Gasteiger partial charge in [0.1, 0.15) is 11.5 Å². The Hall–Kier alpha value is -4.34. The monoisotopic (exact) mass is 437 g/mol. The first-order chi connectivity index (χ1) is 15.4. The third kappa shape index (κ3) is 3.97. The van der Waals surface area contributed by atoms with Crippen molar-refractivity contribution in [2.75, 3.05) is 24.4 Å². The third-order valence-electron chi connectivity index (χ3n) is 4.82. The number of nitrogens with one attached hydrogen (secondary N) is 1. The molecule has 0 spiro atoms. The first kappa shape index (κ1) is 20.9. The van der Waals surface area contributed by atoms with Gasteiger partial charge in [-0.05, 0) is 42.5 Å². The lowest BCUT2D eigenvalue weighted by molar-refractivity contribution is 0.0992. The van der Waals surface area contributed by atoms with Crippen LogP contribution in [0.15, 0.2) is 61.1 Å². The molecule has 162 valence electrons. The SMILES string of the molecule is COC(=O)Nc1ccc(-c2cnc3ccc(N(C)C(=O)c4ccc(F)c(F)c4)cn23)cn1. The average molecular weight is 437 g/mol. The minimum Gasteiger partial charge on any atom is -0.453 e. The quantitative estimate of drug-likeness (QED) is 0.519. The molecule has 0 saturated heterocycles. The largest absolute Gasteiger partial charge is 0.453 e. The summed E-state index contributed by atoms with van der Waals surface area (Å²) in [5.41, 5.74) is 2.60. The number of amides is 2. The number of ether oxygens (including phenoxy) is 1. The number of benzene rings is 1. The van der Waals surface area contributed by atoms with Crippen LogP contribution in [0, 0.1) is 11.6 Å². The molecule has 0 aliphatic rings. The van der Waals surface area contributed by atoms with Crippen LogP contribution >= 0.6 is 0 Å². The molecular weight excluding hydrogens is 420 g/mol. The van der Waals surface area contributed by atoms with Crippen LogP contribution in [0.4, 0.5) is 25.1 Å². The highest BCUT2D eigenvalue weighted by atomic mass is 19.2. The second kappa shape index (κ2) is 8.42. The summed E-state index contributed by atoms with van der Waals surface area (Å²) in [4.78, 5) is 33.9. The minimum atomic E-state index is -1.09. The second-order valence-corrected chi connectivity index (χ2v) is 6.80. The molecule has 1 N–H and O–H groups in total. The fraction of sp³-hybridized carbons (Fsp3) is 0.0909. The van der Waals surface area contributed by atoms with Crippen LogP contribution in [-0.4, -0.2) is 40.5 Å². The number of rotatable bonds is 4. The highest BCUT2D eigenvalue weighted by molar-refractivity contribution is 6.05. The van der Waals surface area contributed by atoms with Crippen LogP contribution in [0.3, 0.4) is 0 Å². The molecule has 0 bridgehead atoms. The summed E-state index contributed by atoms with van der Waals surface area (Å²) in [6.07, 6.45) is 4.30. The van der Waals surface area contributed by atoms with E-state index >= 15 is 0 Å². The lowest BCUT2D eigenvalue weighted by Crippen LogP contribution is -2.26. The zero-order valence-corrected chi connectivity index (χ0v) is 17.0. The van der Waals surface area contributed by atoms with E-state index in [4.69, 9.17) is 0 Å². The summed E-state index contributed by atoms with van der Waals surface area (Å²) >= 11 is 0. The Kier molecular flexibility index (Phi) is 5.50. The van der Waals surface area contributed by atoms with Crippen LogP contribution in [-0.2, 0) is 4.74 Å². The Morgan fingerprint density at radius 2 is 1.84 bits per heavy atom. The van der Waals surface area contributed by atoms with E-state index in [9.17, 15) is 18.4 Å². The number of hydrogen-bond donors (Lipinski definition) is 1. The van der Waals surface area contributed by atoms with Gasteiger partial charge in [-0.2, -0.15) is 0 Å². The highest BCUT2D eigenvalue weighted by Gasteiger charge is 2.17. The van der Waals surface area contributed by atoms with Crippen molar-refractivity contribution in [3.63, 3.8) is 0 Å². The molecule has 0 aliphatic heterocycles. The van der Waals surface area contributed by atoms with E-state index < -0.39 is 23.6 Å². The number of halogens is 2. The van der Waals surface area contributed by atoms with Crippen molar-refractivity contribution < 1.29 is 23.1 Å². The van der Waals surface area contributed by atoms with Gasteiger partial charge >= 0.3 is 6.09 Å². The number of imidazole rings is 1. The average Bonchev–Trinajstić information content (AvgIpc) is 3.23. The normalized spacial score (nSPS) is 10.8. The van der Waals surface area contributed by atoms with Crippen LogP contribution in [0.5, 0.6) is 0 Å². The van der Waals surface area contributed by atoms with Crippen molar-refractivity contribution in [2.45, 2.75) is 0 Å². The maximum Gasteiger partial charge on any atom is 0.412 e. The molecule has 10 heteroatoms. The maximum absolute atomic E-state index is 13.5. The van der Waals surface area contributed by atoms with Crippen LogP contribution in [0.2, 0.25) is 0 Å². The number of carbonyl (C=O) groups excluding carboxylic acids is 2. The number of aromatic nitrogens is 3. The summed E-state index contributed by atoms with van der Waals surface area (Å²) < 4.78 is 33.0. The summed E-state index contributed by atoms with van der Waals surface area (Å²) in [5.74, 6) is -2.28. The second-order valence-electron chi connectivity index (χ2n) is 6.80. The van der Waals surface area contributed by atoms with Gasteiger partial charge in [-0.1, -0.05) is 0 Å². The zero-order chi connectivity index (χ0) is 22.8. The number of carbonyl (C=O) groups is 2. The predicted molar refractivity (Wildman–Crippen MR) is 114 cm³/mol. The Balaban J connectivity index is 1.64. The first-order valence-corrected chi connectivity index (χ1v) is 9.39. The molecule has 4 rings (SSSR count). The van der Waals surface area contributed by atoms with Gasteiger partial charge in [-0.15, -0.1) is 0 Å². The molecule has 3 heterocycles. The topological polar surface area (TPSA) is 88.8 Å². The van der Waals surface area contributed by atoms with Gasteiger partial charge in [-0.3, -0.25) is 14.5 Å². The highest BCUT2D eigenvalue weighted by Crippen LogP contribution is 2.25. The molecule has 0 aliphatic carbocycles. The van der Waals surface area contributed by atoms with Gasteiger partial charge in [0.15, 0.2) is 11.6 Å². The molecule has 8 nitrogen and oxygen atoms in total. The standard InChI is InChI=1S/C22H17F2N5O3/c1-28(21(30)13-3-6-16(23)17(24)9-13)15-5-8-20-26-11-18(29(20)12-15)14-4-7-19(25-10-14)27-22(31)32-2/h3-12H,1-2H3,(H,25,27,31). The van der Waals surface area contributed by atoms with Crippen LogP contribution in [0.25, 0.3) is 16.9 Å². The van der Waals surface area contributed by atoms with Gasteiger partial charge in [0.2, 0.25) is 0 Å². The fourth-order valence-corrected chi connectivity index (χ4v) is 3.10. The molecule has 0 atom stereocenters. The lowest BCUT2D eigenvalue weighted by Gasteiger charge is -2.18. The number of methoxy groups -OCH3 is 1. The molecule has 0 fully saturated rings. The Morgan fingerprint density at radius 3 is 2.53 bits per heavy atom. The Morgan fingerprint density at radius 1 is 1.03 bits per heavy atom. The van der Waals surface area contributed by atoms with Crippen molar-refractivity contribution in [2.24, 2.45) is 0 Å². The van der Waals surface area contributed by atoms with Crippen molar-refractivity contribution in [1.82, 2.24) is 14.4 Å². The zero-order valence-electron chi connectivity index (χ0n) is 17.0. The first-order valence-electron chi connectivity index (χ1n) is 9.39. The van der Waals surface area contributed by atoms with Crippen LogP contribution < -0.4 is 10.2 Å². The Labute approximate surface area is 181 Å². The van der Waals surface area contributed by atoms with E-state index in [1.54, 1.807) is 47.3 Å². The van der Waals surface area contributed by atoms with Gasteiger partial charge < -0.3 is 9.64 Å². The third-order valence-corrected chi connectivity index (χ3v) is 4.82. The van der Waals surface area contributed by atoms with Gasteiger partial charge in [0.05, 0.1) is 24.7 Å². The molecule has 0 saturated carbocycles. The number of anilines is 2. The molecule has 32 heavy (non-hydrogen) atoms. The van der Waals surface area contributed by atoms with E-state index in [0.29, 0.717) is 22.8 Å². The molecule has 0 unspecified atom stereocenters. The minimum absolute atomic E-state index is 0.0234. The smallest absolute Gasteiger partial charge is 0.412 e. The van der Waals surface area contributed by atoms with E-state index in [-0.39, 0.29) is 5.56 Å². The van der Waals surface area contributed by atoms with Crippen molar-refractivity contribution in [3.8, 4) is 11.3 Å². The molecular formula is C22H17F2N5O3. The number of fused-ring (bicyclic) bond motifs is 1. The summed E-state index contributed by atoms with van der Waals surface area (Å²) in [5, 5.41) is 2.47. The van der Waals surface area contributed by atoms with Gasteiger partial charge in [0.25, 0.3) is 5.91 Å². The van der Waals surface area contributed by atoms with Crippen molar-refractivity contribution >= 4 is 29.2 Å². The fourth-order valence-electron chi connectivity index (χ4n) is 3.10. The molecule has 1 aromatic carbocycles. The molecule has 4 aromatic rings. The molecule has 0 radical (unpaired) electrons. The van der Waals surface area contributed by atoms with Crippen molar-refractivity contribution in [3.05, 3.63) is 78.3 Å². The van der Waals surface area contributed by atoms with Crippen molar-refractivity contribution in [1.29, 1.82) is 0 Å². The van der Waals surface area contributed by atoms with E-state index in [1.165, 1.54) is 25.1 Å². The molecule has 3 aromatic heterocycles. The van der Waals surface area contributed by atoms with E-state index in [1.807, 2.05) is 0 Å². The maximum atomic E-state index is 13.5. The summed E-state index contributed by atoms with van der Waals surface area (Å²) in [7, 11) is 2.80. The van der Waals surface area contributed by atoms with E-state index in [2.05, 4.69) is 20.0 Å². The van der Waals surface area contributed by atoms with Crippen LogP contribution in [0.1, 0.15) is 10.4 Å². The summed E-state index contributed by atoms with van der Waals surface area (Å²) in [6, 6.07) is 9.82. The molecule has 2 amide bonds. The summed E-state index contributed by atoms with van der Waals surface area (Å²) in [6.45, 7) is 0. The predicted octanol–water partition coefficient (Wildman–Crippen LogP) is 4.13. The number of nitrogens with zero attached hydrogens (tertiary/aromatic N) is 4. The van der Waals surface area contributed by atoms with E-state index in [0.717, 1.165) is 17.7 Å². The number of hydrogen-bond acceptors (Lipinski definition) is 5. The van der Waals surface area contributed by atoms with Gasteiger partial charge in [-0.25, -0.2) is 23.5 Å².